The molecular formula is C30H42N4O4. The minimum absolute atomic E-state index is 0.0127. The zero-order chi connectivity index (χ0) is 26.4. The zero-order valence-electron chi connectivity index (χ0n) is 22.6. The fourth-order valence-electron chi connectivity index (χ4n) is 7.69. The molecule has 2 amide bonds. The van der Waals surface area contributed by atoms with Crippen molar-refractivity contribution in [3.8, 4) is 0 Å². The maximum Gasteiger partial charge on any atom is 0.249 e. The van der Waals surface area contributed by atoms with Crippen molar-refractivity contribution in [3.63, 3.8) is 0 Å². The molecule has 3 saturated heterocycles. The second-order valence-electron chi connectivity index (χ2n) is 12.2. The molecule has 2 aliphatic carbocycles. The number of ketones is 1. The van der Waals surface area contributed by atoms with Crippen LogP contribution in [0.5, 0.6) is 0 Å². The average molecular weight is 523 g/mol. The molecule has 8 heteroatoms. The number of rotatable bonds is 8. The van der Waals surface area contributed by atoms with E-state index in [-0.39, 0.29) is 36.2 Å². The molecule has 2 N–H and O–H groups in total. The summed E-state index contributed by atoms with van der Waals surface area (Å²) in [5, 5.41) is 0. The maximum atomic E-state index is 14.5. The third-order valence-corrected chi connectivity index (χ3v) is 9.79. The first-order valence-electron chi connectivity index (χ1n) is 14.8. The summed E-state index contributed by atoms with van der Waals surface area (Å²) < 4.78 is 5.95. The summed E-state index contributed by atoms with van der Waals surface area (Å²) in [5.41, 5.74) is 8.14. The third-order valence-electron chi connectivity index (χ3n) is 9.79. The molecule has 2 saturated carbocycles. The van der Waals surface area contributed by atoms with Gasteiger partial charge in [-0.2, -0.15) is 0 Å². The lowest BCUT2D eigenvalue weighted by atomic mass is 9.80. The Morgan fingerprint density at radius 2 is 1.82 bits per heavy atom. The summed E-state index contributed by atoms with van der Waals surface area (Å²) >= 11 is 0. The number of piperazine rings is 1. The summed E-state index contributed by atoms with van der Waals surface area (Å²) in [6.45, 7) is 7.86. The van der Waals surface area contributed by atoms with Crippen LogP contribution < -0.4 is 10.6 Å². The molecule has 8 nitrogen and oxygen atoms in total. The Kier molecular flexibility index (Phi) is 7.20. The summed E-state index contributed by atoms with van der Waals surface area (Å²) in [7, 11) is 0. The molecule has 4 atom stereocenters. The molecule has 1 aromatic rings. The Hall–Kier alpha value is -2.45. The van der Waals surface area contributed by atoms with E-state index in [1.807, 2.05) is 17.0 Å². The van der Waals surface area contributed by atoms with Crippen LogP contribution in [-0.4, -0.2) is 85.4 Å². The van der Waals surface area contributed by atoms with Gasteiger partial charge in [-0.25, -0.2) is 0 Å². The van der Waals surface area contributed by atoms with Crippen molar-refractivity contribution in [1.82, 2.24) is 9.80 Å². The summed E-state index contributed by atoms with van der Waals surface area (Å²) in [4.78, 5) is 46.8. The number of carbonyl (C=O) groups is 3. The summed E-state index contributed by atoms with van der Waals surface area (Å²) in [6, 6.07) is 5.39. The highest BCUT2D eigenvalue weighted by Crippen LogP contribution is 2.48. The van der Waals surface area contributed by atoms with Gasteiger partial charge >= 0.3 is 0 Å². The number of likely N-dealkylation sites (tertiary alicyclic amines) is 1. The molecule has 5 fully saturated rings. The van der Waals surface area contributed by atoms with Crippen molar-refractivity contribution < 1.29 is 19.1 Å². The van der Waals surface area contributed by atoms with Crippen LogP contribution in [0.2, 0.25) is 0 Å². The van der Waals surface area contributed by atoms with Crippen LogP contribution in [0.3, 0.4) is 0 Å². The van der Waals surface area contributed by atoms with E-state index in [1.54, 1.807) is 0 Å². The summed E-state index contributed by atoms with van der Waals surface area (Å²) in [6.07, 6.45) is 7.34. The normalized spacial score (nSPS) is 29.2. The molecule has 3 heterocycles. The monoisotopic (exact) mass is 522 g/mol. The minimum atomic E-state index is -0.495. The van der Waals surface area contributed by atoms with Crippen molar-refractivity contribution >= 4 is 23.3 Å². The predicted octanol–water partition coefficient (Wildman–Crippen LogP) is 2.80. The quantitative estimate of drug-likeness (QED) is 0.564. The Morgan fingerprint density at radius 3 is 2.47 bits per heavy atom. The largest absolute Gasteiger partial charge is 0.369 e. The lowest BCUT2D eigenvalue weighted by Crippen LogP contribution is -2.47. The van der Waals surface area contributed by atoms with Gasteiger partial charge in [0.2, 0.25) is 11.8 Å². The van der Waals surface area contributed by atoms with Gasteiger partial charge in [0.05, 0.1) is 12.0 Å². The number of anilines is 1. The molecule has 206 valence electrons. The van der Waals surface area contributed by atoms with Gasteiger partial charge in [0.15, 0.2) is 5.78 Å². The molecule has 0 radical (unpaired) electrons. The Bertz CT molecular complexity index is 1070. The van der Waals surface area contributed by atoms with Gasteiger partial charge in [0, 0.05) is 49.9 Å². The number of nitrogens with two attached hydrogens (primary N) is 1. The molecule has 0 aromatic heterocycles. The van der Waals surface area contributed by atoms with Crippen LogP contribution in [0, 0.1) is 17.8 Å². The van der Waals surface area contributed by atoms with E-state index in [0.29, 0.717) is 18.0 Å². The lowest BCUT2D eigenvalue weighted by molar-refractivity contribution is -0.138. The fraction of sp³-hybridized carbons (Fsp3) is 0.700. The number of benzene rings is 1. The first-order valence-corrected chi connectivity index (χ1v) is 14.8. The van der Waals surface area contributed by atoms with Gasteiger partial charge in [0.1, 0.15) is 12.6 Å². The molecule has 1 aromatic carbocycles. The van der Waals surface area contributed by atoms with E-state index in [4.69, 9.17) is 10.5 Å². The topological polar surface area (TPSA) is 96.2 Å². The highest BCUT2D eigenvalue weighted by Gasteiger charge is 2.57. The number of amides is 2. The first-order chi connectivity index (χ1) is 18.5. The molecular weight excluding hydrogens is 480 g/mol. The first kappa shape index (κ1) is 25.8. The van der Waals surface area contributed by atoms with Crippen molar-refractivity contribution in [3.05, 3.63) is 29.3 Å². The standard InChI is InChI=1S/C30H42N4O4/c1-2-11-32-12-14-33(15-13-32)21-9-10-22(29(31)36)23(16-21)26(20-5-3-4-6-20)30(37)34-17-24(19-7-8-19)28-27(34)25(35)18-38-28/h9-10,16,19-20,24,26-28H,2-8,11-15,17-18H2,1H3,(H2,31,36)/t24-,26+,27-,28-/m1/s1. The molecule has 3 aliphatic heterocycles. The van der Waals surface area contributed by atoms with Gasteiger partial charge in [-0.1, -0.05) is 19.8 Å². The van der Waals surface area contributed by atoms with Crippen molar-refractivity contribution in [1.29, 1.82) is 0 Å². The highest BCUT2D eigenvalue weighted by atomic mass is 16.5. The number of hydrogen-bond donors (Lipinski definition) is 1. The molecule has 0 spiro atoms. The smallest absolute Gasteiger partial charge is 0.249 e. The van der Waals surface area contributed by atoms with Crippen LogP contribution in [0.1, 0.15) is 73.7 Å². The second kappa shape index (κ2) is 10.6. The maximum absolute atomic E-state index is 14.5. The van der Waals surface area contributed by atoms with E-state index in [1.165, 1.54) is 0 Å². The molecule has 0 bridgehead atoms. The number of ether oxygens (including phenoxy) is 1. The molecule has 0 unspecified atom stereocenters. The second-order valence-corrected chi connectivity index (χ2v) is 12.2. The zero-order valence-corrected chi connectivity index (χ0v) is 22.6. The van der Waals surface area contributed by atoms with Gasteiger partial charge in [0.25, 0.3) is 0 Å². The number of fused-ring (bicyclic) bond motifs is 1. The minimum Gasteiger partial charge on any atom is -0.369 e. The van der Waals surface area contributed by atoms with E-state index < -0.39 is 17.9 Å². The Labute approximate surface area is 225 Å². The van der Waals surface area contributed by atoms with Crippen LogP contribution in [0.4, 0.5) is 5.69 Å². The molecule has 6 rings (SSSR count). The number of carbonyl (C=O) groups excluding carboxylic acids is 3. The fourth-order valence-corrected chi connectivity index (χ4v) is 7.69. The highest BCUT2D eigenvalue weighted by molar-refractivity contribution is 5.99. The molecule has 38 heavy (non-hydrogen) atoms. The number of hydrogen-bond acceptors (Lipinski definition) is 6. The van der Waals surface area contributed by atoms with Crippen molar-refractivity contribution in [2.24, 2.45) is 23.5 Å². The Morgan fingerprint density at radius 1 is 1.08 bits per heavy atom. The SMILES string of the molecule is CCCN1CCN(c2ccc(C(N)=O)c([C@@H](C(=O)N3C[C@H](C4CC4)[C@H]4OCC(=O)[C@H]43)C3CCCC3)c2)CC1. The van der Waals surface area contributed by atoms with Crippen LogP contribution in [0.15, 0.2) is 18.2 Å². The van der Waals surface area contributed by atoms with Gasteiger partial charge in [-0.05, 0) is 74.2 Å². The number of Topliss-reactive ketones (excluding diaryl/α,β-unsaturated/α-hetero) is 1. The third kappa shape index (κ3) is 4.75. The van der Waals surface area contributed by atoms with E-state index >= 15 is 0 Å². The van der Waals surface area contributed by atoms with Gasteiger partial charge < -0.3 is 20.3 Å². The van der Waals surface area contributed by atoms with E-state index in [2.05, 4.69) is 22.8 Å². The average Bonchev–Trinajstić information content (AvgIpc) is 3.30. The van der Waals surface area contributed by atoms with Crippen LogP contribution in [-0.2, 0) is 14.3 Å². The van der Waals surface area contributed by atoms with Crippen molar-refractivity contribution in [2.45, 2.75) is 69.9 Å². The van der Waals surface area contributed by atoms with Gasteiger partial charge in [-0.3, -0.25) is 19.3 Å². The van der Waals surface area contributed by atoms with Gasteiger partial charge in [-0.15, -0.1) is 0 Å². The van der Waals surface area contributed by atoms with E-state index in [0.717, 1.165) is 88.9 Å². The summed E-state index contributed by atoms with van der Waals surface area (Å²) in [5.74, 6) is -0.0215. The van der Waals surface area contributed by atoms with Crippen molar-refractivity contribution in [2.75, 3.05) is 50.8 Å². The predicted molar refractivity (Wildman–Crippen MR) is 145 cm³/mol. The van der Waals surface area contributed by atoms with Crippen LogP contribution in [0.25, 0.3) is 0 Å². The van der Waals surface area contributed by atoms with Crippen LogP contribution >= 0.6 is 0 Å². The molecule has 5 aliphatic rings. The number of nitrogens with zero attached hydrogens (tertiary/aromatic N) is 3. The van der Waals surface area contributed by atoms with E-state index in [9.17, 15) is 14.4 Å². The number of primary amides is 1. The lowest BCUT2D eigenvalue weighted by Gasteiger charge is -2.37. The Balaban J connectivity index is 1.34.